The summed E-state index contributed by atoms with van der Waals surface area (Å²) in [6.07, 6.45) is -8.79. The fraction of sp³-hybridized carbons (Fsp3) is 0.568. The first kappa shape index (κ1) is 107. The molecule has 2 fully saturated rings. The molecule has 3 aromatic carbocycles. The topological polar surface area (TPSA) is 750 Å². The number of nitrogens with zero attached hydrogens (tertiary/aromatic N) is 13. The van der Waals surface area contributed by atoms with E-state index < -0.39 is 160 Å². The third kappa shape index (κ3) is 60.9. The van der Waals surface area contributed by atoms with Crippen LogP contribution in [0.15, 0.2) is 87.5 Å². The van der Waals surface area contributed by atoms with E-state index in [0.717, 1.165) is 64.3 Å². The maximum atomic E-state index is 10.9. The minimum atomic E-state index is -1.35. The average molecular weight is 1860 g/mol. The SMILES string of the molecule is COc1ccc(SSCC(CO[N+](=O)[O-])O[N+](=O)[O-])cc1.Cc1ccc(SSCC(CO[N+](=O)[O-])O[N+](=O)[O-])cc1.O=C([O-])c1ccccc1SSCC(CO[N+](=O)[O-])O[N+](=O)[O-].O=[N+]([O-])OC1CSSCC1O.O=[N+]([O-])OC1CSSCC1O[N+](=O)[O-].O=[N+]([O-])OCC(CSSCC(CO[N+](=O)[O-])O[N+](=O)[O-])O[N+](=O)[O-].[Na+]. The van der Waals surface area contributed by atoms with Gasteiger partial charge < -0.3 is 82.6 Å². The summed E-state index contributed by atoms with van der Waals surface area (Å²) in [7, 11) is 16.5. The molecule has 9 atom stereocenters. The Kier molecular flexibility index (Phi) is 60.5. The molecule has 628 valence electrons. The minimum absolute atomic E-state index is 0. The third-order valence-corrected chi connectivity index (χ3v) is 25.3. The molecule has 0 saturated carbocycles. The normalized spacial score (nSPS) is 15.4. The van der Waals surface area contributed by atoms with Crippen LogP contribution in [0.25, 0.3) is 0 Å². The summed E-state index contributed by atoms with van der Waals surface area (Å²) < 4.78 is 5.02. The first-order valence-corrected chi connectivity index (χ1v) is 43.0. The van der Waals surface area contributed by atoms with Crippen molar-refractivity contribution in [3.05, 3.63) is 215 Å². The second-order valence-corrected chi connectivity index (χ2v) is 33.5. The van der Waals surface area contributed by atoms with E-state index in [1.165, 1.54) is 98.5 Å². The first-order chi connectivity index (χ1) is 52.9. The van der Waals surface area contributed by atoms with Crippen LogP contribution in [-0.2, 0) is 62.9 Å². The quantitative estimate of drug-likeness (QED) is 0.0279. The summed E-state index contributed by atoms with van der Waals surface area (Å²) >= 11 is 0. The van der Waals surface area contributed by atoms with Gasteiger partial charge in [0.2, 0.25) is 0 Å². The molecule has 0 spiro atoms. The summed E-state index contributed by atoms with van der Waals surface area (Å²) in [5.41, 5.74) is 1.11. The first-order valence-electron chi connectivity index (χ1n) is 28.5. The van der Waals surface area contributed by atoms with Crippen molar-refractivity contribution in [2.75, 3.05) is 91.9 Å². The molecule has 2 saturated heterocycles. The van der Waals surface area contributed by atoms with Gasteiger partial charge in [0.15, 0.2) is 0 Å². The van der Waals surface area contributed by atoms with E-state index in [0.29, 0.717) is 27.9 Å². The van der Waals surface area contributed by atoms with Crippen LogP contribution < -0.4 is 39.4 Å². The van der Waals surface area contributed by atoms with Gasteiger partial charge in [-0.05, 0) is 49.4 Å². The fourth-order valence-electron chi connectivity index (χ4n) is 6.11. The van der Waals surface area contributed by atoms with Crippen LogP contribution in [0.3, 0.4) is 0 Å². The van der Waals surface area contributed by atoms with Crippen molar-refractivity contribution in [3.8, 4) is 5.75 Å². The summed E-state index contributed by atoms with van der Waals surface area (Å²) in [6, 6.07) is 21.0. The molecule has 56 nitrogen and oxygen atoms in total. The summed E-state index contributed by atoms with van der Waals surface area (Å²) in [4.78, 5) is 199. The maximum Gasteiger partial charge on any atom is 1.00 e. The van der Waals surface area contributed by atoms with Gasteiger partial charge in [-0.3, -0.25) is 0 Å². The van der Waals surface area contributed by atoms with E-state index in [9.17, 15) is 141 Å². The third-order valence-electron chi connectivity index (χ3n) is 10.6. The molecule has 0 aliphatic carbocycles. The number of carboxylic acid groups (broad SMARTS) is 1. The predicted octanol–water partition coefficient (Wildman–Crippen LogP) is 3.11. The Balaban J connectivity index is 0. The maximum absolute atomic E-state index is 10.9. The minimum Gasteiger partial charge on any atom is -0.545 e. The molecule has 5 rings (SSSR count). The van der Waals surface area contributed by atoms with E-state index in [4.69, 9.17) is 9.84 Å². The monoisotopic (exact) mass is 1860 g/mol. The number of aliphatic hydroxyl groups excluding tert-OH is 1. The zero-order valence-corrected chi connectivity index (χ0v) is 68.6. The molecule has 2 heterocycles. The summed E-state index contributed by atoms with van der Waals surface area (Å²) in [5.74, 6) is 0.961. The number of carbonyl (C=O) groups is 1. The van der Waals surface area contributed by atoms with E-state index >= 15 is 0 Å². The summed E-state index contributed by atoms with van der Waals surface area (Å²) in [5, 5.41) is 138. The molecule has 0 aromatic heterocycles. The van der Waals surface area contributed by atoms with E-state index in [1.54, 1.807) is 31.4 Å². The number of ether oxygens (including phenoxy) is 1. The number of hydrogen-bond acceptors (Lipinski definition) is 55. The van der Waals surface area contributed by atoms with Crippen molar-refractivity contribution in [2.24, 2.45) is 0 Å². The number of aryl methyl sites for hydroxylation is 1. The Morgan fingerprint density at radius 3 is 0.973 bits per heavy atom. The van der Waals surface area contributed by atoms with Gasteiger partial charge in [-0.15, -0.1) is 131 Å². The molecule has 0 radical (unpaired) electrons. The largest absolute Gasteiger partial charge is 1.00 e. The van der Waals surface area contributed by atoms with Gasteiger partial charge in [0, 0.05) is 72.0 Å². The van der Waals surface area contributed by atoms with Gasteiger partial charge in [-0.2, -0.15) is 0 Å². The van der Waals surface area contributed by atoms with Gasteiger partial charge >= 0.3 is 29.6 Å². The van der Waals surface area contributed by atoms with Gasteiger partial charge in [-0.25, -0.2) is 0 Å². The van der Waals surface area contributed by atoms with Crippen molar-refractivity contribution in [1.82, 2.24) is 0 Å². The molecule has 69 heteroatoms. The molecular formula is C44H56N13NaO43S12. The number of carbonyl (C=O) groups excluding carboxylic acids is 1. The zero-order valence-electron chi connectivity index (χ0n) is 56.8. The number of rotatable bonds is 50. The molecule has 0 amide bonds. The van der Waals surface area contributed by atoms with Crippen molar-refractivity contribution in [1.29, 1.82) is 0 Å². The van der Waals surface area contributed by atoms with Crippen molar-refractivity contribution in [2.45, 2.75) is 76.5 Å². The predicted molar refractivity (Wildman–Crippen MR) is 390 cm³/mol. The van der Waals surface area contributed by atoms with Crippen LogP contribution in [0.5, 0.6) is 5.75 Å². The summed E-state index contributed by atoms with van der Waals surface area (Å²) in [6.45, 7) is -0.998. The Hall–Kier alpha value is -8.31. The van der Waals surface area contributed by atoms with E-state index in [1.807, 2.05) is 43.3 Å². The molecule has 1 N–H and O–H groups in total. The van der Waals surface area contributed by atoms with Crippen molar-refractivity contribution >= 4 is 135 Å². The number of hydrogen-bond donors (Lipinski definition) is 1. The Labute approximate surface area is 698 Å². The molecule has 0 bridgehead atoms. The Morgan fingerprint density at radius 2 is 0.681 bits per heavy atom. The van der Waals surface area contributed by atoms with Crippen LogP contribution in [-0.4, -0.2) is 224 Å². The smallest absolute Gasteiger partial charge is 0.545 e. The van der Waals surface area contributed by atoms with Crippen LogP contribution >= 0.6 is 130 Å². The van der Waals surface area contributed by atoms with E-state index in [2.05, 4.69) is 62.9 Å². The molecular weight excluding hydrogens is 1810 g/mol. The number of methoxy groups -OCH3 is 1. The second kappa shape index (κ2) is 64.0. The molecule has 3 aromatic rings. The zero-order chi connectivity index (χ0) is 84.5. The fourth-order valence-corrected chi connectivity index (χ4v) is 19.8. The number of benzene rings is 3. The number of aromatic carboxylic acids is 1. The van der Waals surface area contributed by atoms with Crippen LogP contribution in [0, 0.1) is 138 Å². The van der Waals surface area contributed by atoms with Gasteiger partial charge in [0.1, 0.15) is 87.6 Å². The van der Waals surface area contributed by atoms with Crippen molar-refractivity contribution < 1.29 is 178 Å². The van der Waals surface area contributed by atoms with Gasteiger partial charge in [0.25, 0.3) is 66.1 Å². The second-order valence-electron chi connectivity index (χ2n) is 18.6. The van der Waals surface area contributed by atoms with Gasteiger partial charge in [-0.1, -0.05) is 165 Å². The Bertz CT molecular complexity index is 3360. The molecule has 113 heavy (non-hydrogen) atoms. The molecule has 2 aliphatic heterocycles. The molecule has 2 aliphatic rings. The number of carboxylic acids is 1. The standard InChI is InChI=1S/C10H10N2O8S2.C10H12N2O7S2.C10H12N2O6S2.C6H10N4O12S2.C4H6N2O6S2.C4H7NO4S2.Na/c13-10(14)8-3-1-2-4-9(8)22-21-6-7(20-12(17)18)5-19-11(15)16;1-17-8-2-4-10(5-3-8)21-20-7-9(19-12(15)16)6-18-11(13)14;1-8-2-4-10(5-3-8)20-19-7-9(18-12(15)16)6-17-11(13)14;11-7(12)19-1-5(21-9(15)16)3-23-24-4-6(22-10(17)18)2-20-8(13)14;7-5(8)11-3-1-13-14-2-4(3)12-6(9)10;6-3-1-10-11-2-4(3)9-5(7)8;/h1-4,7H,5-6H2,(H,13,14);2-5,9H,6-7H2,1H3;2-5,9H,6-7H2,1H3;5-6H,1-4H2;3-4H,1-2H2;3-4,6H,1-2H2;/q;;;;;;+1/p-1. The van der Waals surface area contributed by atoms with Crippen molar-refractivity contribution in [3.63, 3.8) is 0 Å². The van der Waals surface area contributed by atoms with Gasteiger partial charge in [0.05, 0.1) is 19.2 Å². The number of aliphatic hydroxyl groups is 1. The average Bonchev–Trinajstić information content (AvgIpc) is 0.870. The van der Waals surface area contributed by atoms with Crippen LogP contribution in [0.2, 0.25) is 0 Å². The molecule has 9 unspecified atom stereocenters. The van der Waals surface area contributed by atoms with Crippen LogP contribution in [0.4, 0.5) is 0 Å². The van der Waals surface area contributed by atoms with Crippen LogP contribution in [0.1, 0.15) is 15.9 Å². The Morgan fingerprint density at radius 1 is 0.398 bits per heavy atom. The van der Waals surface area contributed by atoms with E-state index in [-0.39, 0.29) is 63.9 Å².